The molecule has 0 saturated heterocycles. The Bertz CT molecular complexity index is 1010. The van der Waals surface area contributed by atoms with Crippen LogP contribution in [-0.2, 0) is 6.42 Å². The smallest absolute Gasteiger partial charge is 0.206 e. The largest absolute Gasteiger partial charge is 0.299 e. The monoisotopic (exact) mass is 361 g/mol. The molecule has 0 saturated carbocycles. The van der Waals surface area contributed by atoms with Gasteiger partial charge < -0.3 is 0 Å². The van der Waals surface area contributed by atoms with E-state index in [1.54, 1.807) is 0 Å². The van der Waals surface area contributed by atoms with Gasteiger partial charge in [-0.15, -0.1) is 0 Å². The second-order valence-electron chi connectivity index (χ2n) is 6.42. The number of hydrogen-bond donors (Lipinski definition) is 0. The maximum absolute atomic E-state index is 6.48. The van der Waals surface area contributed by atoms with Crippen LogP contribution in [0.4, 0.5) is 5.82 Å². The van der Waals surface area contributed by atoms with Crippen molar-refractivity contribution >= 4 is 28.5 Å². The van der Waals surface area contributed by atoms with Gasteiger partial charge in [-0.05, 0) is 35.7 Å². The number of aliphatic imine (C=N–C) groups is 2. The molecule has 0 amide bonds. The van der Waals surface area contributed by atoms with Gasteiger partial charge in [-0.2, -0.15) is 10.1 Å². The molecule has 2 aromatic carbocycles. The summed E-state index contributed by atoms with van der Waals surface area (Å²) in [5, 5.41) is 4.96. The summed E-state index contributed by atoms with van der Waals surface area (Å²) in [4.78, 5) is 11.5. The maximum atomic E-state index is 6.48. The summed E-state index contributed by atoms with van der Waals surface area (Å²) in [6.07, 6.45) is 2.71. The van der Waals surface area contributed by atoms with Crippen molar-refractivity contribution in [2.45, 2.75) is 12.5 Å². The van der Waals surface area contributed by atoms with Crippen LogP contribution in [0, 0.1) is 0 Å². The zero-order valence-electron chi connectivity index (χ0n) is 14.0. The highest BCUT2D eigenvalue weighted by Gasteiger charge is 2.35. The molecular formula is C20H16ClN5. The molecule has 0 N–H and O–H groups in total. The Kier molecular flexibility index (Phi) is 3.60. The Morgan fingerprint density at radius 1 is 1.00 bits per heavy atom. The number of nitrogens with zero attached hydrogens (tertiary/aromatic N) is 5. The summed E-state index contributed by atoms with van der Waals surface area (Å²) in [7, 11) is 0. The van der Waals surface area contributed by atoms with Gasteiger partial charge in [-0.25, -0.2) is 4.68 Å². The Morgan fingerprint density at radius 3 is 2.50 bits per heavy atom. The minimum absolute atomic E-state index is 0.155. The first-order valence-corrected chi connectivity index (χ1v) is 8.94. The molecule has 2 aliphatic heterocycles. The van der Waals surface area contributed by atoms with E-state index in [4.69, 9.17) is 16.6 Å². The van der Waals surface area contributed by atoms with Crippen LogP contribution in [0.5, 0.6) is 0 Å². The molecule has 1 atom stereocenters. The fourth-order valence-corrected chi connectivity index (χ4v) is 3.70. The Hall–Kier alpha value is -2.92. The van der Waals surface area contributed by atoms with Crippen molar-refractivity contribution in [3.05, 3.63) is 78.0 Å². The summed E-state index contributed by atoms with van der Waals surface area (Å²) in [5.41, 5.74) is 3.15. The minimum atomic E-state index is 0.155. The highest BCUT2D eigenvalue weighted by molar-refractivity contribution is 6.66. The zero-order chi connectivity index (χ0) is 17.5. The molecule has 0 aliphatic carbocycles. The van der Waals surface area contributed by atoms with Crippen molar-refractivity contribution in [3.63, 3.8) is 0 Å². The Labute approximate surface area is 156 Å². The Morgan fingerprint density at radius 2 is 1.73 bits per heavy atom. The Balaban J connectivity index is 1.52. The molecule has 5 nitrogen and oxygen atoms in total. The maximum Gasteiger partial charge on any atom is 0.206 e. The molecule has 128 valence electrons. The average Bonchev–Trinajstić information content (AvgIpc) is 3.28. The third-order valence-corrected chi connectivity index (χ3v) is 4.96. The van der Waals surface area contributed by atoms with Gasteiger partial charge in [0, 0.05) is 6.54 Å². The number of hydrogen-bond acceptors (Lipinski definition) is 4. The summed E-state index contributed by atoms with van der Waals surface area (Å²) >= 11 is 6.48. The van der Waals surface area contributed by atoms with Crippen molar-refractivity contribution in [2.24, 2.45) is 9.98 Å². The third kappa shape index (κ3) is 2.52. The summed E-state index contributed by atoms with van der Waals surface area (Å²) in [6.45, 7) is 0.739. The lowest BCUT2D eigenvalue weighted by Gasteiger charge is -2.22. The molecule has 26 heavy (non-hydrogen) atoms. The van der Waals surface area contributed by atoms with E-state index >= 15 is 0 Å². The average molecular weight is 362 g/mol. The highest BCUT2D eigenvalue weighted by Crippen LogP contribution is 2.33. The van der Waals surface area contributed by atoms with Crippen molar-refractivity contribution in [2.75, 3.05) is 6.54 Å². The van der Waals surface area contributed by atoms with Crippen LogP contribution in [-0.4, -0.2) is 38.4 Å². The molecule has 5 rings (SSSR count). The number of rotatable bonds is 3. The van der Waals surface area contributed by atoms with Gasteiger partial charge in [0.1, 0.15) is 5.84 Å². The summed E-state index contributed by atoms with van der Waals surface area (Å²) < 4.78 is 1.81. The third-order valence-electron chi connectivity index (χ3n) is 4.67. The van der Waals surface area contributed by atoms with E-state index in [-0.39, 0.29) is 6.04 Å². The number of aromatic nitrogens is 2. The molecular weight excluding hydrogens is 346 g/mol. The van der Waals surface area contributed by atoms with Gasteiger partial charge in [0.05, 0.1) is 23.5 Å². The van der Waals surface area contributed by atoms with Gasteiger partial charge in [-0.3, -0.25) is 9.89 Å². The molecule has 1 aromatic heterocycles. The van der Waals surface area contributed by atoms with E-state index in [0.29, 0.717) is 5.29 Å². The van der Waals surface area contributed by atoms with Gasteiger partial charge in [0.15, 0.2) is 5.82 Å². The molecule has 6 heteroatoms. The number of amidine groups is 2. The standard InChI is InChI=1S/C20H16ClN5/c21-20-24-19-17(12-22-26(19)16-9-5-2-6-10-16)18-23-15(13-25(18)20)11-14-7-3-1-4-8-14/h1-10,12,15H,11,13H2/t15-/m1/s1. The lowest BCUT2D eigenvalue weighted by molar-refractivity contribution is 0.573. The van der Waals surface area contributed by atoms with E-state index in [0.717, 1.165) is 35.9 Å². The number of fused-ring (bicyclic) bond motifs is 3. The van der Waals surface area contributed by atoms with Crippen LogP contribution in [0.1, 0.15) is 11.1 Å². The quantitative estimate of drug-likeness (QED) is 0.666. The van der Waals surface area contributed by atoms with Crippen LogP contribution in [0.2, 0.25) is 0 Å². The predicted octanol–water partition coefficient (Wildman–Crippen LogP) is 3.79. The first-order chi connectivity index (χ1) is 12.8. The van der Waals surface area contributed by atoms with Crippen molar-refractivity contribution < 1.29 is 0 Å². The highest BCUT2D eigenvalue weighted by atomic mass is 35.5. The first kappa shape index (κ1) is 15.3. The number of para-hydroxylation sites is 1. The summed E-state index contributed by atoms with van der Waals surface area (Å²) in [5.74, 6) is 1.60. The SMILES string of the molecule is ClC1=Nc2c(cnn2-c2ccccc2)C2=N[C@H](Cc3ccccc3)CN12. The summed E-state index contributed by atoms with van der Waals surface area (Å²) in [6, 6.07) is 20.5. The van der Waals surface area contributed by atoms with Crippen LogP contribution >= 0.6 is 11.6 Å². The van der Waals surface area contributed by atoms with Crippen LogP contribution in [0.25, 0.3) is 5.69 Å². The van der Waals surface area contributed by atoms with E-state index in [1.165, 1.54) is 5.56 Å². The molecule has 0 spiro atoms. The van der Waals surface area contributed by atoms with Crippen LogP contribution in [0.15, 0.2) is 76.8 Å². The molecule has 0 bridgehead atoms. The second kappa shape index (κ2) is 6.11. The van der Waals surface area contributed by atoms with Crippen molar-refractivity contribution in [1.29, 1.82) is 0 Å². The predicted molar refractivity (Wildman–Crippen MR) is 104 cm³/mol. The molecule has 0 radical (unpaired) electrons. The normalized spacial score (nSPS) is 18.2. The van der Waals surface area contributed by atoms with E-state index in [2.05, 4.69) is 34.4 Å². The van der Waals surface area contributed by atoms with Crippen LogP contribution in [0.3, 0.4) is 0 Å². The number of benzene rings is 2. The van der Waals surface area contributed by atoms with Gasteiger partial charge in [0.2, 0.25) is 5.29 Å². The van der Waals surface area contributed by atoms with Gasteiger partial charge in [-0.1, -0.05) is 48.5 Å². The van der Waals surface area contributed by atoms with Gasteiger partial charge in [0.25, 0.3) is 0 Å². The number of halogens is 1. The molecule has 2 aliphatic rings. The fourth-order valence-electron chi connectivity index (χ4n) is 3.47. The minimum Gasteiger partial charge on any atom is -0.299 e. The molecule has 3 aromatic rings. The molecule has 0 fully saturated rings. The lowest BCUT2D eigenvalue weighted by atomic mass is 10.1. The topological polar surface area (TPSA) is 45.8 Å². The lowest BCUT2D eigenvalue weighted by Crippen LogP contribution is -2.35. The van der Waals surface area contributed by atoms with Gasteiger partial charge >= 0.3 is 0 Å². The molecule has 0 unspecified atom stereocenters. The molecule has 3 heterocycles. The van der Waals surface area contributed by atoms with E-state index in [1.807, 2.05) is 52.2 Å². The van der Waals surface area contributed by atoms with Crippen LogP contribution < -0.4 is 0 Å². The van der Waals surface area contributed by atoms with E-state index in [9.17, 15) is 0 Å². The zero-order valence-corrected chi connectivity index (χ0v) is 14.7. The fraction of sp³-hybridized carbons (Fsp3) is 0.150. The van der Waals surface area contributed by atoms with Crippen molar-refractivity contribution in [1.82, 2.24) is 14.7 Å². The second-order valence-corrected chi connectivity index (χ2v) is 6.75. The van der Waals surface area contributed by atoms with Crippen molar-refractivity contribution in [3.8, 4) is 5.69 Å². The van der Waals surface area contributed by atoms with E-state index < -0.39 is 0 Å². The first-order valence-electron chi connectivity index (χ1n) is 8.57.